The van der Waals surface area contributed by atoms with Crippen molar-refractivity contribution in [2.75, 3.05) is 14.2 Å². The van der Waals surface area contributed by atoms with Crippen LogP contribution in [-0.2, 0) is 7.05 Å². The van der Waals surface area contributed by atoms with E-state index in [9.17, 15) is 0 Å². The summed E-state index contributed by atoms with van der Waals surface area (Å²) in [5, 5.41) is 0. The van der Waals surface area contributed by atoms with Gasteiger partial charge in [0.15, 0.2) is 17.7 Å². The van der Waals surface area contributed by atoms with Crippen molar-refractivity contribution in [3.05, 3.63) is 65.5 Å². The van der Waals surface area contributed by atoms with Crippen molar-refractivity contribution < 1.29 is 38.0 Å². The number of methoxy groups -OCH3 is 2. The summed E-state index contributed by atoms with van der Waals surface area (Å²) in [6.45, 7) is 2.08. The Morgan fingerprint density at radius 1 is 1.04 bits per heavy atom. The maximum atomic E-state index is 5.33. The van der Waals surface area contributed by atoms with Gasteiger partial charge in [-0.15, -0.1) is 0 Å². The highest BCUT2D eigenvalue weighted by atomic mass is 127. The molecule has 0 amide bonds. The van der Waals surface area contributed by atoms with Crippen LogP contribution in [0, 0.1) is 0 Å². The van der Waals surface area contributed by atoms with Gasteiger partial charge in [0.25, 0.3) is 0 Å². The van der Waals surface area contributed by atoms with Gasteiger partial charge in [-0.25, -0.2) is 4.57 Å². The molecule has 0 aliphatic carbocycles. The first kappa shape index (κ1) is 19.2. The summed E-state index contributed by atoms with van der Waals surface area (Å²) >= 11 is 0. The van der Waals surface area contributed by atoms with Gasteiger partial charge >= 0.3 is 0 Å². The van der Waals surface area contributed by atoms with Gasteiger partial charge in [0.05, 0.1) is 14.2 Å². The molecule has 0 aliphatic heterocycles. The van der Waals surface area contributed by atoms with Crippen LogP contribution in [0.3, 0.4) is 0 Å². The zero-order chi connectivity index (χ0) is 15.9. The second-order valence-corrected chi connectivity index (χ2v) is 5.07. The summed E-state index contributed by atoms with van der Waals surface area (Å²) in [6, 6.07) is 12.0. The third-order valence-electron chi connectivity index (χ3n) is 3.41. The van der Waals surface area contributed by atoms with Crippen LogP contribution < -0.4 is 38.0 Å². The predicted octanol–water partition coefficient (Wildman–Crippen LogP) is 0.649. The third kappa shape index (κ3) is 5.39. The van der Waals surface area contributed by atoms with Crippen LogP contribution >= 0.6 is 0 Å². The molecule has 1 heterocycles. The molecule has 0 N–H and O–H groups in total. The van der Waals surface area contributed by atoms with E-state index in [0.29, 0.717) is 0 Å². The highest BCUT2D eigenvalue weighted by Crippen LogP contribution is 2.28. The Morgan fingerprint density at radius 2 is 1.78 bits per heavy atom. The topological polar surface area (TPSA) is 22.3 Å². The van der Waals surface area contributed by atoms with Crippen molar-refractivity contribution in [1.29, 1.82) is 0 Å². The van der Waals surface area contributed by atoms with Gasteiger partial charge in [-0.05, 0) is 30.7 Å². The lowest BCUT2D eigenvalue weighted by Crippen LogP contribution is -3.00. The van der Waals surface area contributed by atoms with Crippen LogP contribution in [0.2, 0.25) is 0 Å². The second kappa shape index (κ2) is 9.35. The number of nitrogens with zero attached hydrogens (tertiary/aromatic N) is 1. The first-order chi connectivity index (χ1) is 10.6. The normalized spacial score (nSPS) is 11.2. The molecule has 0 saturated heterocycles. The van der Waals surface area contributed by atoms with E-state index >= 15 is 0 Å². The second-order valence-electron chi connectivity index (χ2n) is 5.07. The molecule has 2 aromatic rings. The number of halogens is 1. The number of hydrogen-bond acceptors (Lipinski definition) is 2. The van der Waals surface area contributed by atoms with Crippen LogP contribution in [0.4, 0.5) is 0 Å². The summed E-state index contributed by atoms with van der Waals surface area (Å²) in [4.78, 5) is 0. The molecule has 4 heteroatoms. The summed E-state index contributed by atoms with van der Waals surface area (Å²) in [6.07, 6.45) is 8.35. The lowest BCUT2D eigenvalue weighted by molar-refractivity contribution is -0.673. The van der Waals surface area contributed by atoms with Gasteiger partial charge in [0.1, 0.15) is 7.05 Å². The SMILES string of the molecule is COc1ccc(/C=C(C)/C=C/c2cccc[n+]2C)cc1OC.[I-]. The number of allylic oxidation sites excluding steroid dienone is 2. The average Bonchev–Trinajstić information content (AvgIpc) is 2.54. The van der Waals surface area contributed by atoms with Crippen LogP contribution in [-0.4, -0.2) is 14.2 Å². The molecule has 3 nitrogen and oxygen atoms in total. The van der Waals surface area contributed by atoms with E-state index in [0.717, 1.165) is 28.3 Å². The van der Waals surface area contributed by atoms with Crippen LogP contribution in [0.1, 0.15) is 18.2 Å². The van der Waals surface area contributed by atoms with Gasteiger partial charge in [0.2, 0.25) is 5.69 Å². The van der Waals surface area contributed by atoms with E-state index in [4.69, 9.17) is 9.47 Å². The fourth-order valence-corrected chi connectivity index (χ4v) is 2.18. The van der Waals surface area contributed by atoms with Crippen LogP contribution in [0.15, 0.2) is 54.2 Å². The largest absolute Gasteiger partial charge is 1.00 e. The molecule has 1 aromatic carbocycles. The molecule has 0 bridgehead atoms. The minimum absolute atomic E-state index is 0. The van der Waals surface area contributed by atoms with Crippen molar-refractivity contribution in [1.82, 2.24) is 0 Å². The van der Waals surface area contributed by atoms with Crippen molar-refractivity contribution in [2.45, 2.75) is 6.92 Å². The standard InChI is InChI=1S/C19H22NO2.HI/c1-15(8-10-17-7-5-6-12-20(17)2)13-16-9-11-18(21-3)19(14-16)22-4;/h5-14H,1-4H3;1H/q+1;/p-1/b10-8+,15-13+;. The number of benzene rings is 1. The molecule has 122 valence electrons. The first-order valence-electron chi connectivity index (χ1n) is 7.17. The summed E-state index contributed by atoms with van der Waals surface area (Å²) < 4.78 is 12.7. The highest BCUT2D eigenvalue weighted by Gasteiger charge is 2.03. The van der Waals surface area contributed by atoms with E-state index < -0.39 is 0 Å². The Hall–Kier alpha value is -1.82. The Bertz CT molecular complexity index is 708. The molecule has 0 aliphatic rings. The maximum Gasteiger partial charge on any atom is 0.204 e. The molecule has 0 saturated carbocycles. The molecular formula is C19H22INO2. The predicted molar refractivity (Wildman–Crippen MR) is 89.8 cm³/mol. The molecule has 0 radical (unpaired) electrons. The zero-order valence-electron chi connectivity index (χ0n) is 13.9. The van der Waals surface area contributed by atoms with E-state index in [-0.39, 0.29) is 24.0 Å². The molecular weight excluding hydrogens is 401 g/mol. The Kier molecular flexibility index (Phi) is 7.81. The molecule has 0 spiro atoms. The van der Waals surface area contributed by atoms with Crippen molar-refractivity contribution in [3.63, 3.8) is 0 Å². The number of rotatable bonds is 5. The summed E-state index contributed by atoms with van der Waals surface area (Å²) in [5.41, 5.74) is 3.40. The minimum atomic E-state index is 0. The average molecular weight is 423 g/mol. The molecule has 0 unspecified atom stereocenters. The van der Waals surface area contributed by atoms with E-state index in [1.54, 1.807) is 14.2 Å². The van der Waals surface area contributed by atoms with Gasteiger partial charge in [-0.2, -0.15) is 0 Å². The molecule has 23 heavy (non-hydrogen) atoms. The van der Waals surface area contributed by atoms with E-state index in [1.165, 1.54) is 0 Å². The van der Waals surface area contributed by atoms with Gasteiger partial charge in [-0.1, -0.05) is 23.8 Å². The molecule has 0 fully saturated rings. The fourth-order valence-electron chi connectivity index (χ4n) is 2.18. The number of aromatic nitrogens is 1. The van der Waals surface area contributed by atoms with Gasteiger partial charge in [0, 0.05) is 18.2 Å². The van der Waals surface area contributed by atoms with Crippen LogP contribution in [0.25, 0.3) is 12.2 Å². The summed E-state index contributed by atoms with van der Waals surface area (Å²) in [5.74, 6) is 1.48. The Balaban J connectivity index is 0.00000264. The Labute approximate surface area is 155 Å². The van der Waals surface area contributed by atoms with Gasteiger partial charge < -0.3 is 33.5 Å². The quantitative estimate of drug-likeness (QED) is 0.401. The van der Waals surface area contributed by atoms with Crippen molar-refractivity contribution >= 4 is 12.2 Å². The Morgan fingerprint density at radius 3 is 2.43 bits per heavy atom. The highest BCUT2D eigenvalue weighted by molar-refractivity contribution is 5.62. The molecule has 2 rings (SSSR count). The molecule has 1 aromatic heterocycles. The number of aryl methyl sites for hydroxylation is 1. The number of ether oxygens (including phenoxy) is 2. The monoisotopic (exact) mass is 423 g/mol. The number of hydrogen-bond donors (Lipinski definition) is 0. The zero-order valence-corrected chi connectivity index (χ0v) is 16.1. The smallest absolute Gasteiger partial charge is 0.204 e. The fraction of sp³-hybridized carbons (Fsp3) is 0.211. The van der Waals surface area contributed by atoms with Crippen molar-refractivity contribution in [2.24, 2.45) is 7.05 Å². The minimum Gasteiger partial charge on any atom is -1.00 e. The van der Waals surface area contributed by atoms with Crippen LogP contribution in [0.5, 0.6) is 11.5 Å². The van der Waals surface area contributed by atoms with E-state index in [1.807, 2.05) is 43.6 Å². The number of pyridine rings is 1. The lowest BCUT2D eigenvalue weighted by Gasteiger charge is -2.07. The van der Waals surface area contributed by atoms with E-state index in [2.05, 4.69) is 35.8 Å². The maximum absolute atomic E-state index is 5.33. The lowest BCUT2D eigenvalue weighted by atomic mass is 10.1. The first-order valence-corrected chi connectivity index (χ1v) is 7.17. The van der Waals surface area contributed by atoms with Crippen molar-refractivity contribution in [3.8, 4) is 11.5 Å². The molecule has 0 atom stereocenters. The van der Waals surface area contributed by atoms with Gasteiger partial charge in [-0.3, -0.25) is 0 Å². The third-order valence-corrected chi connectivity index (χ3v) is 3.41. The summed E-state index contributed by atoms with van der Waals surface area (Å²) in [7, 11) is 5.32.